The van der Waals surface area contributed by atoms with Gasteiger partial charge in [-0.25, -0.2) is 4.79 Å². The molecule has 0 saturated heterocycles. The standard InChI is InChI=1S/C13H13BrN4O2/c1-8-6-17(13(19)20)7-10-11(12(14)16-18(8)10)9-2-4-15-5-3-9/h2-5,8H,6-7H2,1H3,(H,19,20). The molecule has 0 saturated carbocycles. The Morgan fingerprint density at radius 3 is 2.80 bits per heavy atom. The molecule has 1 aliphatic rings. The van der Waals surface area contributed by atoms with E-state index in [1.54, 1.807) is 12.4 Å². The molecule has 0 aromatic carbocycles. The molecule has 0 radical (unpaired) electrons. The second-order valence-electron chi connectivity index (χ2n) is 4.81. The molecule has 7 heteroatoms. The molecule has 2 aromatic heterocycles. The molecule has 1 N–H and O–H groups in total. The topological polar surface area (TPSA) is 71.2 Å². The molecule has 1 atom stereocenters. The molecular weight excluding hydrogens is 324 g/mol. The van der Waals surface area contributed by atoms with Gasteiger partial charge in [-0.1, -0.05) is 0 Å². The van der Waals surface area contributed by atoms with Crippen molar-refractivity contribution in [2.75, 3.05) is 6.54 Å². The van der Waals surface area contributed by atoms with Crippen molar-refractivity contribution in [3.8, 4) is 11.1 Å². The van der Waals surface area contributed by atoms with Gasteiger partial charge in [0.1, 0.15) is 4.60 Å². The number of rotatable bonds is 1. The lowest BCUT2D eigenvalue weighted by molar-refractivity contribution is 0.122. The Morgan fingerprint density at radius 1 is 1.45 bits per heavy atom. The van der Waals surface area contributed by atoms with Crippen molar-refractivity contribution in [2.24, 2.45) is 0 Å². The Bertz CT molecular complexity index is 656. The third-order valence-corrected chi connectivity index (χ3v) is 4.00. The van der Waals surface area contributed by atoms with E-state index in [0.717, 1.165) is 21.4 Å². The first-order chi connectivity index (χ1) is 9.58. The van der Waals surface area contributed by atoms with Crippen LogP contribution in [0.4, 0.5) is 4.79 Å². The van der Waals surface area contributed by atoms with E-state index in [-0.39, 0.29) is 6.04 Å². The first-order valence-electron chi connectivity index (χ1n) is 6.23. The van der Waals surface area contributed by atoms with Crippen molar-refractivity contribution in [3.63, 3.8) is 0 Å². The molecular formula is C13H13BrN4O2. The van der Waals surface area contributed by atoms with E-state index in [9.17, 15) is 9.90 Å². The van der Waals surface area contributed by atoms with Crippen molar-refractivity contribution in [3.05, 3.63) is 34.8 Å². The first kappa shape index (κ1) is 13.1. The van der Waals surface area contributed by atoms with Crippen molar-refractivity contribution in [1.82, 2.24) is 19.7 Å². The summed E-state index contributed by atoms with van der Waals surface area (Å²) in [5.74, 6) is 0. The highest BCUT2D eigenvalue weighted by atomic mass is 79.9. The molecule has 6 nitrogen and oxygen atoms in total. The van der Waals surface area contributed by atoms with E-state index >= 15 is 0 Å². The predicted molar refractivity (Wildman–Crippen MR) is 76.3 cm³/mol. The number of hydrogen-bond acceptors (Lipinski definition) is 3. The zero-order chi connectivity index (χ0) is 14.3. The molecule has 3 rings (SSSR count). The van der Waals surface area contributed by atoms with Crippen molar-refractivity contribution in [1.29, 1.82) is 0 Å². The summed E-state index contributed by atoms with van der Waals surface area (Å²) < 4.78 is 2.64. The van der Waals surface area contributed by atoms with E-state index in [0.29, 0.717) is 13.1 Å². The Labute approximate surface area is 124 Å². The van der Waals surface area contributed by atoms with Gasteiger partial charge in [0.25, 0.3) is 0 Å². The van der Waals surface area contributed by atoms with Gasteiger partial charge < -0.3 is 10.0 Å². The van der Waals surface area contributed by atoms with Gasteiger partial charge in [0.2, 0.25) is 0 Å². The zero-order valence-electron chi connectivity index (χ0n) is 10.8. The van der Waals surface area contributed by atoms with E-state index < -0.39 is 6.09 Å². The highest BCUT2D eigenvalue weighted by Gasteiger charge is 2.30. The average molecular weight is 337 g/mol. The Kier molecular flexibility index (Phi) is 3.21. The van der Waals surface area contributed by atoms with Gasteiger partial charge in [0.15, 0.2) is 0 Å². The van der Waals surface area contributed by atoms with E-state index in [2.05, 4.69) is 26.0 Å². The first-order valence-corrected chi connectivity index (χ1v) is 7.02. The van der Waals surface area contributed by atoms with Crippen molar-refractivity contribution >= 4 is 22.0 Å². The maximum atomic E-state index is 11.2. The summed E-state index contributed by atoms with van der Waals surface area (Å²) in [6.45, 7) is 2.76. The van der Waals surface area contributed by atoms with Crippen LogP contribution in [0.15, 0.2) is 29.1 Å². The van der Waals surface area contributed by atoms with Gasteiger partial charge in [-0.15, -0.1) is 0 Å². The van der Waals surface area contributed by atoms with E-state index in [1.807, 2.05) is 23.7 Å². The normalized spacial score (nSPS) is 17.9. The Balaban J connectivity index is 2.12. The minimum Gasteiger partial charge on any atom is -0.465 e. The van der Waals surface area contributed by atoms with E-state index in [1.165, 1.54) is 4.90 Å². The number of amides is 1. The molecule has 0 bridgehead atoms. The Morgan fingerprint density at radius 2 is 2.15 bits per heavy atom. The fraction of sp³-hybridized carbons (Fsp3) is 0.308. The number of nitrogens with zero attached hydrogens (tertiary/aromatic N) is 4. The van der Waals surface area contributed by atoms with Crippen LogP contribution in [0.2, 0.25) is 0 Å². The molecule has 1 aliphatic heterocycles. The quantitative estimate of drug-likeness (QED) is 0.869. The summed E-state index contributed by atoms with van der Waals surface area (Å²) in [6.07, 6.45) is 2.53. The highest BCUT2D eigenvalue weighted by molar-refractivity contribution is 9.10. The number of halogens is 1. The lowest BCUT2D eigenvalue weighted by atomic mass is 10.1. The van der Waals surface area contributed by atoms with Crippen LogP contribution < -0.4 is 0 Å². The van der Waals surface area contributed by atoms with Crippen LogP contribution in [-0.4, -0.2) is 37.4 Å². The van der Waals surface area contributed by atoms with Gasteiger partial charge in [-0.2, -0.15) is 5.10 Å². The molecule has 2 aromatic rings. The second kappa shape index (κ2) is 4.90. The zero-order valence-corrected chi connectivity index (χ0v) is 12.4. The van der Waals surface area contributed by atoms with Crippen LogP contribution in [0, 0.1) is 0 Å². The van der Waals surface area contributed by atoms with Gasteiger partial charge in [0.05, 0.1) is 18.3 Å². The highest BCUT2D eigenvalue weighted by Crippen LogP contribution is 2.35. The minimum atomic E-state index is -0.902. The van der Waals surface area contributed by atoms with Crippen LogP contribution in [0.25, 0.3) is 11.1 Å². The van der Waals surface area contributed by atoms with Crippen LogP contribution in [0.5, 0.6) is 0 Å². The molecule has 3 heterocycles. The summed E-state index contributed by atoms with van der Waals surface area (Å²) in [6, 6.07) is 3.81. The van der Waals surface area contributed by atoms with Gasteiger partial charge in [-0.3, -0.25) is 9.67 Å². The average Bonchev–Trinajstić information content (AvgIpc) is 2.76. The number of carboxylic acid groups (broad SMARTS) is 1. The van der Waals surface area contributed by atoms with Crippen LogP contribution in [0.1, 0.15) is 18.7 Å². The molecule has 0 aliphatic carbocycles. The third-order valence-electron chi connectivity index (χ3n) is 3.45. The molecule has 1 amide bonds. The Hall–Kier alpha value is -1.89. The van der Waals surface area contributed by atoms with Gasteiger partial charge in [0, 0.05) is 24.5 Å². The van der Waals surface area contributed by atoms with Crippen LogP contribution in [0.3, 0.4) is 0 Å². The van der Waals surface area contributed by atoms with Crippen molar-refractivity contribution in [2.45, 2.75) is 19.5 Å². The summed E-state index contributed by atoms with van der Waals surface area (Å²) in [5, 5.41) is 13.7. The number of aromatic nitrogens is 3. The molecule has 1 unspecified atom stereocenters. The fourth-order valence-corrected chi connectivity index (χ4v) is 3.17. The summed E-state index contributed by atoms with van der Waals surface area (Å²) in [5.41, 5.74) is 2.82. The monoisotopic (exact) mass is 336 g/mol. The number of fused-ring (bicyclic) bond motifs is 1. The van der Waals surface area contributed by atoms with Crippen molar-refractivity contribution < 1.29 is 9.90 Å². The summed E-state index contributed by atoms with van der Waals surface area (Å²) in [4.78, 5) is 16.7. The molecule has 20 heavy (non-hydrogen) atoms. The fourth-order valence-electron chi connectivity index (χ4n) is 2.55. The van der Waals surface area contributed by atoms with Gasteiger partial charge >= 0.3 is 6.09 Å². The smallest absolute Gasteiger partial charge is 0.407 e. The maximum Gasteiger partial charge on any atom is 0.407 e. The summed E-state index contributed by atoms with van der Waals surface area (Å²) >= 11 is 3.48. The largest absolute Gasteiger partial charge is 0.465 e. The maximum absolute atomic E-state index is 11.2. The summed E-state index contributed by atoms with van der Waals surface area (Å²) in [7, 11) is 0. The van der Waals surface area contributed by atoms with E-state index in [4.69, 9.17) is 0 Å². The molecule has 0 fully saturated rings. The lowest BCUT2D eigenvalue weighted by Crippen LogP contribution is -2.39. The number of carbonyl (C=O) groups is 1. The number of hydrogen-bond donors (Lipinski definition) is 1. The SMILES string of the molecule is CC1CN(C(=O)O)Cc2c(-c3ccncc3)c(Br)nn21. The minimum absolute atomic E-state index is 0.0155. The molecule has 104 valence electrons. The van der Waals surface area contributed by atoms with Crippen LogP contribution >= 0.6 is 15.9 Å². The molecule has 0 spiro atoms. The predicted octanol–water partition coefficient (Wildman–Crippen LogP) is 2.76. The lowest BCUT2D eigenvalue weighted by Gasteiger charge is -2.30. The third kappa shape index (κ3) is 2.07. The van der Waals surface area contributed by atoms with Crippen LogP contribution in [-0.2, 0) is 6.54 Å². The van der Waals surface area contributed by atoms with Gasteiger partial charge in [-0.05, 0) is 40.5 Å². The number of pyridine rings is 1. The second-order valence-corrected chi connectivity index (χ2v) is 5.56.